The molecule has 0 saturated heterocycles. The maximum atomic E-state index is 14.2. The Kier molecular flexibility index (Phi) is 9.09. The summed E-state index contributed by atoms with van der Waals surface area (Å²) in [6.07, 6.45) is 0.628. The van der Waals surface area contributed by atoms with Crippen molar-refractivity contribution < 1.29 is 28.2 Å². The summed E-state index contributed by atoms with van der Waals surface area (Å²) in [7, 11) is 0. The SMILES string of the molecule is [N-]=[N+]=NCc1ccccc1C[C@]1(C(=O)NCc2cc(F)ccc2F)COC(c2ccc(OCCCO)cc2)=N1. The van der Waals surface area contributed by atoms with Gasteiger partial charge in [0.25, 0.3) is 5.91 Å². The van der Waals surface area contributed by atoms with Gasteiger partial charge in [-0.05, 0) is 59.1 Å². The van der Waals surface area contributed by atoms with E-state index in [9.17, 15) is 13.6 Å². The lowest BCUT2D eigenvalue weighted by atomic mass is 9.89. The average Bonchev–Trinajstić information content (AvgIpc) is 3.38. The van der Waals surface area contributed by atoms with E-state index in [1.807, 2.05) is 6.07 Å². The first-order valence-corrected chi connectivity index (χ1v) is 12.3. The van der Waals surface area contributed by atoms with Gasteiger partial charge in [-0.25, -0.2) is 13.8 Å². The number of azide groups is 1. The number of nitrogens with one attached hydrogen (secondary N) is 1. The smallest absolute Gasteiger partial charge is 0.252 e. The normalized spacial score (nSPS) is 16.1. The van der Waals surface area contributed by atoms with E-state index in [0.29, 0.717) is 24.3 Å². The summed E-state index contributed by atoms with van der Waals surface area (Å²) >= 11 is 0. The number of amides is 1. The molecule has 4 rings (SSSR count). The summed E-state index contributed by atoms with van der Waals surface area (Å²) in [6.45, 7) is 0.163. The lowest BCUT2D eigenvalue weighted by molar-refractivity contribution is -0.126. The highest BCUT2D eigenvalue weighted by atomic mass is 19.1. The number of nitrogens with zero attached hydrogens (tertiary/aromatic N) is 4. The van der Waals surface area contributed by atoms with Gasteiger partial charge in [0.15, 0.2) is 5.54 Å². The van der Waals surface area contributed by atoms with Crippen molar-refractivity contribution in [3.8, 4) is 5.75 Å². The fraction of sp³-hybridized carbons (Fsp3) is 0.286. The molecule has 1 aliphatic rings. The van der Waals surface area contributed by atoms with Crippen LogP contribution in [0.3, 0.4) is 0 Å². The van der Waals surface area contributed by atoms with Gasteiger partial charge in [-0.1, -0.05) is 29.4 Å². The molecule has 0 aliphatic carbocycles. The van der Waals surface area contributed by atoms with Gasteiger partial charge >= 0.3 is 0 Å². The molecule has 0 bridgehead atoms. The maximum Gasteiger partial charge on any atom is 0.252 e. The Hall–Kier alpha value is -4.47. The molecule has 1 heterocycles. The summed E-state index contributed by atoms with van der Waals surface area (Å²) in [4.78, 5) is 21.1. The molecule has 0 radical (unpaired) electrons. The fourth-order valence-electron chi connectivity index (χ4n) is 4.16. The topological polar surface area (TPSA) is 129 Å². The van der Waals surface area contributed by atoms with E-state index in [0.717, 1.165) is 29.3 Å². The predicted octanol–water partition coefficient (Wildman–Crippen LogP) is 4.61. The monoisotopic (exact) mass is 535 g/mol. The van der Waals surface area contributed by atoms with Crippen molar-refractivity contribution in [2.75, 3.05) is 19.8 Å². The highest BCUT2D eigenvalue weighted by molar-refractivity contribution is 6.00. The summed E-state index contributed by atoms with van der Waals surface area (Å²) in [5.74, 6) is -0.923. The van der Waals surface area contributed by atoms with Gasteiger partial charge in [0.1, 0.15) is 24.0 Å². The van der Waals surface area contributed by atoms with Crippen LogP contribution in [0, 0.1) is 11.6 Å². The molecule has 11 heteroatoms. The number of benzene rings is 3. The van der Waals surface area contributed by atoms with Crippen LogP contribution in [0.1, 0.15) is 28.7 Å². The van der Waals surface area contributed by atoms with E-state index in [-0.39, 0.29) is 44.2 Å². The van der Waals surface area contributed by atoms with Crippen LogP contribution in [0.4, 0.5) is 8.78 Å². The summed E-state index contributed by atoms with van der Waals surface area (Å²) in [6, 6.07) is 17.2. The molecule has 0 aromatic heterocycles. The van der Waals surface area contributed by atoms with E-state index in [1.165, 1.54) is 0 Å². The number of aliphatic imine (C=N–C) groups is 1. The fourth-order valence-corrected chi connectivity index (χ4v) is 4.16. The quantitative estimate of drug-likeness (QED) is 0.152. The molecule has 1 atom stereocenters. The van der Waals surface area contributed by atoms with E-state index in [4.69, 9.17) is 25.1 Å². The molecule has 202 valence electrons. The predicted molar refractivity (Wildman–Crippen MR) is 140 cm³/mol. The van der Waals surface area contributed by atoms with Crippen molar-refractivity contribution in [3.05, 3.63) is 111 Å². The molecule has 9 nitrogen and oxygen atoms in total. The van der Waals surface area contributed by atoms with Gasteiger partial charge in [-0.3, -0.25) is 4.79 Å². The summed E-state index contributed by atoms with van der Waals surface area (Å²) in [5, 5.41) is 15.3. The Balaban J connectivity index is 1.62. The first-order valence-electron chi connectivity index (χ1n) is 12.3. The van der Waals surface area contributed by atoms with Crippen LogP contribution in [0.2, 0.25) is 0 Å². The molecule has 0 saturated carbocycles. The minimum Gasteiger partial charge on any atom is -0.494 e. The van der Waals surface area contributed by atoms with E-state index < -0.39 is 23.1 Å². The van der Waals surface area contributed by atoms with Gasteiger partial charge in [-0.15, -0.1) is 0 Å². The number of aliphatic hydroxyl groups excluding tert-OH is 1. The van der Waals surface area contributed by atoms with Crippen LogP contribution in [0.5, 0.6) is 5.75 Å². The largest absolute Gasteiger partial charge is 0.494 e. The van der Waals surface area contributed by atoms with Crippen LogP contribution in [-0.2, 0) is 29.0 Å². The Morgan fingerprint density at radius 2 is 1.90 bits per heavy atom. The molecular weight excluding hydrogens is 508 g/mol. The third kappa shape index (κ3) is 6.90. The number of hydrogen-bond acceptors (Lipinski definition) is 6. The second kappa shape index (κ2) is 12.9. The lowest BCUT2D eigenvalue weighted by Gasteiger charge is -2.24. The van der Waals surface area contributed by atoms with Gasteiger partial charge in [-0.2, -0.15) is 0 Å². The molecule has 1 amide bonds. The zero-order chi connectivity index (χ0) is 27.7. The highest BCUT2D eigenvalue weighted by Crippen LogP contribution is 2.29. The molecular formula is C28H27F2N5O4. The third-order valence-electron chi connectivity index (χ3n) is 6.21. The standard InChI is InChI=1S/C28H27F2N5O4/c29-23-8-11-25(30)22(14-23)16-32-27(37)28(15-20-4-1-2-5-21(20)17-33-35-31)18-39-26(34-28)19-6-9-24(10-7-19)38-13-3-12-36/h1-2,4-11,14,36H,3,12-13,15-18H2,(H,32,37)/t28-/m1/s1. The van der Waals surface area contributed by atoms with Gasteiger partial charge in [0.2, 0.25) is 5.90 Å². The van der Waals surface area contributed by atoms with Crippen molar-refractivity contribution in [2.45, 2.75) is 31.5 Å². The summed E-state index contributed by atoms with van der Waals surface area (Å²) in [5.41, 5.74) is 9.45. The number of halogens is 2. The van der Waals surface area contributed by atoms with E-state index in [2.05, 4.69) is 15.3 Å². The van der Waals surface area contributed by atoms with Crippen molar-refractivity contribution >= 4 is 11.8 Å². The number of ether oxygens (including phenoxy) is 2. The van der Waals surface area contributed by atoms with E-state index in [1.54, 1.807) is 42.5 Å². The van der Waals surface area contributed by atoms with E-state index >= 15 is 0 Å². The Morgan fingerprint density at radius 1 is 1.13 bits per heavy atom. The van der Waals surface area contributed by atoms with Crippen LogP contribution < -0.4 is 10.1 Å². The molecule has 39 heavy (non-hydrogen) atoms. The van der Waals surface area contributed by atoms with Crippen LogP contribution in [0.15, 0.2) is 76.8 Å². The van der Waals surface area contributed by atoms with Gasteiger partial charge in [0.05, 0.1) is 13.2 Å². The second-order valence-corrected chi connectivity index (χ2v) is 8.94. The minimum atomic E-state index is -1.41. The van der Waals surface area contributed by atoms with Crippen molar-refractivity contribution in [2.24, 2.45) is 10.1 Å². The molecule has 0 fully saturated rings. The molecule has 0 spiro atoms. The highest BCUT2D eigenvalue weighted by Gasteiger charge is 2.44. The molecule has 3 aromatic carbocycles. The van der Waals surface area contributed by atoms with Crippen LogP contribution in [0.25, 0.3) is 10.4 Å². The van der Waals surface area contributed by atoms with Crippen LogP contribution in [-0.4, -0.2) is 42.3 Å². The molecule has 1 aliphatic heterocycles. The summed E-state index contributed by atoms with van der Waals surface area (Å²) < 4.78 is 39.3. The van der Waals surface area contributed by atoms with Gasteiger partial charge in [0, 0.05) is 42.0 Å². The number of hydrogen-bond donors (Lipinski definition) is 2. The van der Waals surface area contributed by atoms with Crippen molar-refractivity contribution in [1.29, 1.82) is 0 Å². The van der Waals surface area contributed by atoms with Crippen molar-refractivity contribution in [3.63, 3.8) is 0 Å². The Labute approximate surface area is 223 Å². The average molecular weight is 536 g/mol. The Bertz CT molecular complexity index is 1390. The van der Waals surface area contributed by atoms with Crippen LogP contribution >= 0.6 is 0 Å². The number of carbonyl (C=O) groups excluding carboxylic acids is 1. The van der Waals surface area contributed by atoms with Crippen molar-refractivity contribution in [1.82, 2.24) is 5.32 Å². The number of aliphatic hydroxyl groups is 1. The Morgan fingerprint density at radius 3 is 2.64 bits per heavy atom. The molecule has 2 N–H and O–H groups in total. The number of carbonyl (C=O) groups is 1. The molecule has 3 aromatic rings. The zero-order valence-electron chi connectivity index (χ0n) is 21.0. The maximum absolute atomic E-state index is 14.2. The first-order chi connectivity index (χ1) is 18.9. The second-order valence-electron chi connectivity index (χ2n) is 8.94. The number of rotatable bonds is 12. The first kappa shape index (κ1) is 27.6. The third-order valence-corrected chi connectivity index (χ3v) is 6.21. The molecule has 0 unspecified atom stereocenters. The minimum absolute atomic E-state index is 0.00200. The van der Waals surface area contributed by atoms with Gasteiger partial charge < -0.3 is 19.9 Å². The lowest BCUT2D eigenvalue weighted by Crippen LogP contribution is -2.48. The zero-order valence-corrected chi connectivity index (χ0v) is 21.0.